The van der Waals surface area contributed by atoms with Crippen molar-refractivity contribution in [2.75, 3.05) is 19.6 Å². The van der Waals surface area contributed by atoms with Gasteiger partial charge in [-0.3, -0.25) is 29.2 Å². The SMILES string of the molecule is C[C@H](NC(=O)[C@H](CCCCN)NC(=O)[C@H](CCCN=C(N)N)NC(=O)[C@@H](N)CCCN=C(N)N)C(=O)O. The molecule has 0 aromatic carbocycles. The van der Waals surface area contributed by atoms with Crippen molar-refractivity contribution in [3.8, 4) is 0 Å². The van der Waals surface area contributed by atoms with Crippen molar-refractivity contribution in [1.29, 1.82) is 0 Å². The van der Waals surface area contributed by atoms with Crippen LogP contribution < -0.4 is 50.4 Å². The Labute approximate surface area is 216 Å². The molecular weight excluding hydrogens is 486 g/mol. The van der Waals surface area contributed by atoms with E-state index in [2.05, 4.69) is 25.9 Å². The molecule has 0 aliphatic carbocycles. The van der Waals surface area contributed by atoms with Crippen molar-refractivity contribution >= 4 is 35.6 Å². The third-order valence-electron chi connectivity index (χ3n) is 5.19. The van der Waals surface area contributed by atoms with Gasteiger partial charge in [-0.25, -0.2) is 0 Å². The van der Waals surface area contributed by atoms with Gasteiger partial charge in [0.25, 0.3) is 0 Å². The van der Waals surface area contributed by atoms with Crippen LogP contribution in [0, 0.1) is 0 Å². The maximum atomic E-state index is 13.1. The number of carbonyl (C=O) groups is 4. The topological polar surface area (TPSA) is 305 Å². The van der Waals surface area contributed by atoms with Gasteiger partial charge in [-0.05, 0) is 58.4 Å². The number of unbranched alkanes of at least 4 members (excludes halogenated alkanes) is 1. The molecule has 0 unspecified atom stereocenters. The highest BCUT2D eigenvalue weighted by Gasteiger charge is 2.29. The summed E-state index contributed by atoms with van der Waals surface area (Å²) in [5.41, 5.74) is 32.7. The fourth-order valence-corrected chi connectivity index (χ4v) is 3.11. The lowest BCUT2D eigenvalue weighted by Crippen LogP contribution is -2.56. The van der Waals surface area contributed by atoms with Crippen LogP contribution >= 0.6 is 0 Å². The first-order chi connectivity index (χ1) is 17.4. The van der Waals surface area contributed by atoms with E-state index in [0.29, 0.717) is 38.8 Å². The van der Waals surface area contributed by atoms with Crippen LogP contribution in [0.5, 0.6) is 0 Å². The molecule has 0 saturated carbocycles. The molecular formula is C21H43N11O5. The summed E-state index contributed by atoms with van der Waals surface area (Å²) in [6.07, 6.45) is 2.54. The van der Waals surface area contributed by atoms with Crippen LogP contribution in [0.25, 0.3) is 0 Å². The molecule has 4 atom stereocenters. The second-order valence-corrected chi connectivity index (χ2v) is 8.48. The zero-order chi connectivity index (χ0) is 28.4. The second-order valence-electron chi connectivity index (χ2n) is 8.48. The van der Waals surface area contributed by atoms with Crippen molar-refractivity contribution in [2.45, 2.75) is 76.0 Å². The second kappa shape index (κ2) is 18.6. The number of amides is 3. The van der Waals surface area contributed by atoms with E-state index in [-0.39, 0.29) is 37.7 Å². The lowest BCUT2D eigenvalue weighted by molar-refractivity contribution is -0.141. The Bertz CT molecular complexity index is 798. The first kappa shape index (κ1) is 33.3. The number of nitrogens with two attached hydrogens (primary N) is 6. The Morgan fingerprint density at radius 2 is 1.19 bits per heavy atom. The van der Waals surface area contributed by atoms with Crippen molar-refractivity contribution in [2.24, 2.45) is 44.4 Å². The molecule has 0 aliphatic heterocycles. The van der Waals surface area contributed by atoms with Gasteiger partial charge in [0.1, 0.15) is 18.1 Å². The number of aliphatic carboxylic acids is 1. The largest absolute Gasteiger partial charge is 0.480 e. The number of rotatable bonds is 19. The molecule has 16 heteroatoms. The molecule has 16 nitrogen and oxygen atoms in total. The lowest BCUT2D eigenvalue weighted by Gasteiger charge is -2.25. The van der Waals surface area contributed by atoms with E-state index in [0.717, 1.165) is 0 Å². The van der Waals surface area contributed by atoms with Gasteiger partial charge in [-0.1, -0.05) is 0 Å². The number of carboxylic acid groups (broad SMARTS) is 1. The summed E-state index contributed by atoms with van der Waals surface area (Å²) in [6.45, 7) is 2.20. The zero-order valence-electron chi connectivity index (χ0n) is 21.3. The highest BCUT2D eigenvalue weighted by Crippen LogP contribution is 2.06. The van der Waals surface area contributed by atoms with Crippen LogP contribution in [0.4, 0.5) is 0 Å². The van der Waals surface area contributed by atoms with Crippen LogP contribution in [-0.2, 0) is 19.2 Å². The van der Waals surface area contributed by atoms with Crippen LogP contribution in [0.3, 0.4) is 0 Å². The average molecular weight is 530 g/mol. The van der Waals surface area contributed by atoms with Gasteiger partial charge < -0.3 is 55.5 Å². The van der Waals surface area contributed by atoms with Crippen LogP contribution in [0.1, 0.15) is 51.9 Å². The van der Waals surface area contributed by atoms with Crippen molar-refractivity contribution in [1.82, 2.24) is 16.0 Å². The summed E-state index contributed by atoms with van der Waals surface area (Å²) < 4.78 is 0. The third kappa shape index (κ3) is 15.8. The van der Waals surface area contributed by atoms with Gasteiger partial charge in [-0.15, -0.1) is 0 Å². The maximum absolute atomic E-state index is 13.1. The molecule has 3 amide bonds. The Hall–Kier alpha value is -3.66. The normalized spacial score (nSPS) is 13.8. The van der Waals surface area contributed by atoms with Gasteiger partial charge in [0.05, 0.1) is 6.04 Å². The number of carbonyl (C=O) groups excluding carboxylic acids is 3. The standard InChI is InChI=1S/C21H43N11O5/c1-12(19(36)37)30-17(34)14(7-2-3-9-22)32-18(35)15(8-5-11-29-21(26)27)31-16(33)13(23)6-4-10-28-20(24)25/h12-15H,2-11,22-23H2,1H3,(H,30,34)(H,31,33)(H,32,35)(H,36,37)(H4,24,25,28)(H4,26,27,29)/t12-,13-,14-,15-/m0/s1. The number of guanidine groups is 2. The Morgan fingerprint density at radius 3 is 1.68 bits per heavy atom. The van der Waals surface area contributed by atoms with E-state index < -0.39 is 47.9 Å². The van der Waals surface area contributed by atoms with Crippen LogP contribution in [0.2, 0.25) is 0 Å². The summed E-state index contributed by atoms with van der Waals surface area (Å²) in [7, 11) is 0. The Kier molecular flexibility index (Phi) is 16.7. The summed E-state index contributed by atoms with van der Waals surface area (Å²) >= 11 is 0. The van der Waals surface area contributed by atoms with Crippen molar-refractivity contribution in [3.63, 3.8) is 0 Å². The first-order valence-corrected chi connectivity index (χ1v) is 12.1. The maximum Gasteiger partial charge on any atom is 0.325 e. The third-order valence-corrected chi connectivity index (χ3v) is 5.19. The number of nitrogens with one attached hydrogen (secondary N) is 3. The number of carboxylic acids is 1. The van der Waals surface area contributed by atoms with Gasteiger partial charge in [0, 0.05) is 13.1 Å². The minimum absolute atomic E-state index is 0.0710. The summed E-state index contributed by atoms with van der Waals surface area (Å²) in [5.74, 6) is -3.28. The summed E-state index contributed by atoms with van der Waals surface area (Å²) in [6, 6.07) is -4.17. The van der Waals surface area contributed by atoms with Crippen LogP contribution in [0.15, 0.2) is 9.98 Å². The predicted molar refractivity (Wildman–Crippen MR) is 140 cm³/mol. The zero-order valence-corrected chi connectivity index (χ0v) is 21.3. The molecule has 37 heavy (non-hydrogen) atoms. The van der Waals surface area contributed by atoms with Crippen molar-refractivity contribution < 1.29 is 24.3 Å². The lowest BCUT2D eigenvalue weighted by atomic mass is 10.0. The van der Waals surface area contributed by atoms with Crippen LogP contribution in [-0.4, -0.2) is 84.5 Å². The summed E-state index contributed by atoms with van der Waals surface area (Å²) in [5, 5.41) is 16.6. The van der Waals surface area contributed by atoms with Gasteiger partial charge in [0.15, 0.2) is 11.9 Å². The van der Waals surface area contributed by atoms with E-state index in [4.69, 9.17) is 39.5 Å². The minimum Gasteiger partial charge on any atom is -0.480 e. The quantitative estimate of drug-likeness (QED) is 0.0438. The van der Waals surface area contributed by atoms with E-state index in [1.165, 1.54) is 6.92 Å². The van der Waals surface area contributed by atoms with Gasteiger partial charge in [-0.2, -0.15) is 0 Å². The molecule has 0 radical (unpaired) electrons. The number of hydrogen-bond donors (Lipinski definition) is 10. The highest BCUT2D eigenvalue weighted by atomic mass is 16.4. The molecule has 0 saturated heterocycles. The van der Waals surface area contributed by atoms with Gasteiger partial charge >= 0.3 is 5.97 Å². The van der Waals surface area contributed by atoms with Crippen molar-refractivity contribution in [3.05, 3.63) is 0 Å². The molecule has 0 fully saturated rings. The molecule has 0 heterocycles. The Balaban J connectivity index is 5.42. The molecule has 0 aliphatic rings. The average Bonchev–Trinajstić information content (AvgIpc) is 2.82. The van der Waals surface area contributed by atoms with E-state index in [9.17, 15) is 19.2 Å². The molecule has 0 aromatic rings. The fraction of sp³-hybridized carbons (Fsp3) is 0.714. The monoisotopic (exact) mass is 529 g/mol. The summed E-state index contributed by atoms with van der Waals surface area (Å²) in [4.78, 5) is 57.2. The predicted octanol–water partition coefficient (Wildman–Crippen LogP) is -3.89. The Morgan fingerprint density at radius 1 is 0.730 bits per heavy atom. The molecule has 0 bridgehead atoms. The highest BCUT2D eigenvalue weighted by molar-refractivity contribution is 5.94. The van der Waals surface area contributed by atoms with E-state index in [1.54, 1.807) is 0 Å². The number of nitrogens with zero attached hydrogens (tertiary/aromatic N) is 2. The minimum atomic E-state index is -1.22. The van der Waals surface area contributed by atoms with E-state index in [1.807, 2.05) is 0 Å². The molecule has 0 rings (SSSR count). The molecule has 212 valence electrons. The molecule has 0 spiro atoms. The van der Waals surface area contributed by atoms with Gasteiger partial charge in [0.2, 0.25) is 17.7 Å². The fourth-order valence-electron chi connectivity index (χ4n) is 3.11. The molecule has 0 aromatic heterocycles. The molecule has 16 N–H and O–H groups in total. The number of hydrogen-bond acceptors (Lipinski definition) is 8. The number of aliphatic imine (C=N–C) groups is 2. The first-order valence-electron chi connectivity index (χ1n) is 12.1. The van der Waals surface area contributed by atoms with E-state index >= 15 is 0 Å². The smallest absolute Gasteiger partial charge is 0.325 e.